The van der Waals surface area contributed by atoms with Crippen molar-refractivity contribution in [3.63, 3.8) is 0 Å². The fourth-order valence-electron chi connectivity index (χ4n) is 4.30. The van der Waals surface area contributed by atoms with Crippen molar-refractivity contribution in [3.05, 3.63) is 75.3 Å². The van der Waals surface area contributed by atoms with Crippen LogP contribution in [0.2, 0.25) is 10.0 Å². The van der Waals surface area contributed by atoms with Crippen molar-refractivity contribution in [2.45, 2.75) is 32.7 Å². The number of carbonyl (C=O) groups is 1. The Kier molecular flexibility index (Phi) is 5.31. The minimum Gasteiger partial charge on any atom is -0.273 e. The van der Waals surface area contributed by atoms with Crippen molar-refractivity contribution in [2.75, 3.05) is 0 Å². The summed E-state index contributed by atoms with van der Waals surface area (Å²) < 4.78 is 0. The van der Waals surface area contributed by atoms with E-state index >= 15 is 0 Å². The van der Waals surface area contributed by atoms with Gasteiger partial charge in [-0.2, -0.15) is 5.10 Å². The van der Waals surface area contributed by atoms with Gasteiger partial charge in [-0.3, -0.25) is 4.79 Å². The maximum Gasteiger partial charge on any atom is 0.240 e. The molecular formula is C23H22Cl2N2O. The Hall–Kier alpha value is -2.10. The van der Waals surface area contributed by atoms with E-state index in [4.69, 9.17) is 28.3 Å². The summed E-state index contributed by atoms with van der Waals surface area (Å²) in [5, 5.41) is 7.86. The molecule has 2 aromatic rings. The van der Waals surface area contributed by atoms with Crippen LogP contribution in [0.25, 0.3) is 6.08 Å². The molecule has 2 aromatic carbocycles. The number of halogens is 2. The molecule has 1 saturated carbocycles. The van der Waals surface area contributed by atoms with Crippen molar-refractivity contribution in [3.8, 4) is 0 Å². The molecule has 0 bridgehead atoms. The van der Waals surface area contributed by atoms with Gasteiger partial charge >= 0.3 is 0 Å². The Balaban J connectivity index is 1.75. The van der Waals surface area contributed by atoms with E-state index in [0.29, 0.717) is 10.9 Å². The van der Waals surface area contributed by atoms with Crippen LogP contribution in [-0.4, -0.2) is 16.6 Å². The van der Waals surface area contributed by atoms with Crippen LogP contribution >= 0.6 is 23.2 Å². The Morgan fingerprint density at radius 2 is 1.68 bits per heavy atom. The fourth-order valence-corrected chi connectivity index (χ4v) is 4.56. The third kappa shape index (κ3) is 3.74. The Morgan fingerprint density at radius 3 is 2.29 bits per heavy atom. The molecule has 28 heavy (non-hydrogen) atoms. The summed E-state index contributed by atoms with van der Waals surface area (Å²) in [7, 11) is 0. The number of rotatable bonds is 2. The zero-order valence-corrected chi connectivity index (χ0v) is 17.4. The van der Waals surface area contributed by atoms with Crippen LogP contribution < -0.4 is 0 Å². The topological polar surface area (TPSA) is 32.7 Å². The second-order valence-corrected chi connectivity index (χ2v) is 8.59. The first-order valence-electron chi connectivity index (χ1n) is 9.52. The van der Waals surface area contributed by atoms with Gasteiger partial charge in [-0.1, -0.05) is 54.4 Å². The summed E-state index contributed by atoms with van der Waals surface area (Å²) in [6.07, 6.45) is 4.14. The van der Waals surface area contributed by atoms with Crippen molar-refractivity contribution >= 4 is 40.9 Å². The molecule has 1 aliphatic carbocycles. The van der Waals surface area contributed by atoms with Crippen LogP contribution in [0.15, 0.2) is 59.2 Å². The number of benzene rings is 2. The van der Waals surface area contributed by atoms with E-state index < -0.39 is 0 Å². The zero-order valence-electron chi connectivity index (χ0n) is 15.9. The van der Waals surface area contributed by atoms with Gasteiger partial charge in [0.2, 0.25) is 5.91 Å². The van der Waals surface area contributed by atoms with Gasteiger partial charge in [0.1, 0.15) is 0 Å². The van der Waals surface area contributed by atoms with Gasteiger partial charge in [0.15, 0.2) is 0 Å². The second kappa shape index (κ2) is 7.73. The highest BCUT2D eigenvalue weighted by Gasteiger charge is 2.44. The number of fused-ring (bicyclic) bond motifs is 1. The average Bonchev–Trinajstić information content (AvgIpc) is 3.04. The van der Waals surface area contributed by atoms with Crippen LogP contribution in [0.3, 0.4) is 0 Å². The van der Waals surface area contributed by atoms with E-state index in [0.717, 1.165) is 34.7 Å². The highest BCUT2D eigenvalue weighted by Crippen LogP contribution is 2.46. The highest BCUT2D eigenvalue weighted by atomic mass is 35.5. The van der Waals surface area contributed by atoms with Gasteiger partial charge < -0.3 is 0 Å². The van der Waals surface area contributed by atoms with Crippen LogP contribution in [-0.2, 0) is 4.79 Å². The third-order valence-corrected chi connectivity index (χ3v) is 6.01. The molecule has 144 valence electrons. The first kappa shape index (κ1) is 19.2. The minimum absolute atomic E-state index is 0.0413. The molecule has 0 N–H and O–H groups in total. The predicted molar refractivity (Wildman–Crippen MR) is 115 cm³/mol. The summed E-state index contributed by atoms with van der Waals surface area (Å²) >= 11 is 12.1. The molecule has 2 aliphatic rings. The number of allylic oxidation sites excluding steroid dienone is 1. The van der Waals surface area contributed by atoms with E-state index in [1.165, 1.54) is 5.57 Å². The largest absolute Gasteiger partial charge is 0.273 e. The van der Waals surface area contributed by atoms with Gasteiger partial charge in [-0.15, -0.1) is 0 Å². The third-order valence-electron chi connectivity index (χ3n) is 5.51. The average molecular weight is 413 g/mol. The molecule has 1 aliphatic heterocycles. The monoisotopic (exact) mass is 412 g/mol. The molecule has 0 saturated heterocycles. The van der Waals surface area contributed by atoms with Crippen LogP contribution in [0.4, 0.5) is 0 Å². The lowest BCUT2D eigenvalue weighted by Crippen LogP contribution is -2.32. The molecule has 0 spiro atoms. The molecule has 0 aromatic heterocycles. The molecule has 1 amide bonds. The van der Waals surface area contributed by atoms with Crippen molar-refractivity contribution in [2.24, 2.45) is 16.9 Å². The van der Waals surface area contributed by atoms with E-state index in [2.05, 4.69) is 13.0 Å². The van der Waals surface area contributed by atoms with Gasteiger partial charge in [-0.25, -0.2) is 5.01 Å². The number of carbonyl (C=O) groups excluding carboxylic acids is 1. The van der Waals surface area contributed by atoms with Crippen molar-refractivity contribution in [1.82, 2.24) is 5.01 Å². The Labute approximate surface area is 175 Å². The lowest BCUT2D eigenvalue weighted by molar-refractivity contribution is -0.131. The summed E-state index contributed by atoms with van der Waals surface area (Å²) in [4.78, 5) is 12.4. The van der Waals surface area contributed by atoms with Gasteiger partial charge in [0, 0.05) is 22.9 Å². The maximum absolute atomic E-state index is 12.4. The molecule has 1 fully saturated rings. The Bertz CT molecular complexity index is 948. The number of hydrazone groups is 1. The normalized spacial score (nSPS) is 25.6. The first-order chi connectivity index (χ1) is 13.4. The van der Waals surface area contributed by atoms with E-state index in [1.54, 1.807) is 11.9 Å². The van der Waals surface area contributed by atoms with E-state index in [9.17, 15) is 4.79 Å². The van der Waals surface area contributed by atoms with Crippen LogP contribution in [0, 0.1) is 11.8 Å². The summed E-state index contributed by atoms with van der Waals surface area (Å²) in [5.41, 5.74) is 4.40. The number of nitrogens with zero attached hydrogens (tertiary/aromatic N) is 2. The molecule has 1 heterocycles. The Morgan fingerprint density at radius 1 is 1.07 bits per heavy atom. The number of hydrogen-bond acceptors (Lipinski definition) is 2. The molecule has 4 rings (SSSR count). The fraction of sp³-hybridized carbons (Fsp3) is 0.304. The highest BCUT2D eigenvalue weighted by molar-refractivity contribution is 6.30. The SMILES string of the molecule is CC(=O)N1N=C2/C(=C\c3ccc(Cl)cc3)C[C@@H](C)C[C@@H]2[C@@H]1c1ccc(Cl)cc1. The molecule has 3 atom stereocenters. The van der Waals surface area contributed by atoms with Gasteiger partial charge in [0.05, 0.1) is 11.8 Å². The zero-order chi connectivity index (χ0) is 19.8. The summed E-state index contributed by atoms with van der Waals surface area (Å²) in [6.45, 7) is 3.85. The van der Waals surface area contributed by atoms with E-state index in [1.807, 2.05) is 48.5 Å². The molecular weight excluding hydrogens is 391 g/mol. The minimum atomic E-state index is -0.0823. The molecule has 0 radical (unpaired) electrons. The molecule has 5 heteroatoms. The van der Waals surface area contributed by atoms with Crippen molar-refractivity contribution < 1.29 is 4.79 Å². The standard InChI is InChI=1S/C23H22Cl2N2O/c1-14-11-18(13-16-3-7-19(24)8-4-16)22-21(12-14)23(27(26-22)15(2)28)17-5-9-20(25)10-6-17/h3-10,13-14,21,23H,11-12H2,1-2H3/b18-13-/t14-,21+,23+/m1/s1. The first-order valence-corrected chi connectivity index (χ1v) is 10.3. The smallest absolute Gasteiger partial charge is 0.240 e. The predicted octanol–water partition coefficient (Wildman–Crippen LogP) is 6.38. The summed E-state index contributed by atoms with van der Waals surface area (Å²) in [5.74, 6) is 0.664. The van der Waals surface area contributed by atoms with E-state index in [-0.39, 0.29) is 17.9 Å². The maximum atomic E-state index is 12.4. The van der Waals surface area contributed by atoms with Crippen molar-refractivity contribution in [1.29, 1.82) is 0 Å². The lowest BCUT2D eigenvalue weighted by Gasteiger charge is -2.32. The number of hydrogen-bond donors (Lipinski definition) is 0. The quantitative estimate of drug-likeness (QED) is 0.562. The lowest BCUT2D eigenvalue weighted by atomic mass is 9.73. The van der Waals surface area contributed by atoms with Gasteiger partial charge in [0.25, 0.3) is 0 Å². The summed E-state index contributed by atoms with van der Waals surface area (Å²) in [6, 6.07) is 15.5. The molecule has 3 nitrogen and oxygen atoms in total. The van der Waals surface area contributed by atoms with Crippen LogP contribution in [0.5, 0.6) is 0 Å². The molecule has 0 unspecified atom stereocenters. The van der Waals surface area contributed by atoms with Crippen LogP contribution in [0.1, 0.15) is 43.9 Å². The second-order valence-electron chi connectivity index (χ2n) is 7.72. The van der Waals surface area contributed by atoms with Gasteiger partial charge in [-0.05, 0) is 65.8 Å². The number of amides is 1.